The molecule has 19 heavy (non-hydrogen) atoms. The summed E-state index contributed by atoms with van der Waals surface area (Å²) in [6.07, 6.45) is 5.22. The Morgan fingerprint density at radius 2 is 1.63 bits per heavy atom. The lowest BCUT2D eigenvalue weighted by atomic mass is 9.86. The highest BCUT2D eigenvalue weighted by Crippen LogP contribution is 2.39. The molecule has 108 valence electrons. The van der Waals surface area contributed by atoms with Gasteiger partial charge in [-0.05, 0) is 58.3 Å². The number of carboxylic acid groups (broad SMARTS) is 1. The van der Waals surface area contributed by atoms with Gasteiger partial charge in [0, 0.05) is 11.6 Å². The van der Waals surface area contributed by atoms with Crippen LogP contribution in [0.15, 0.2) is 0 Å². The second kappa shape index (κ2) is 5.39. The summed E-state index contributed by atoms with van der Waals surface area (Å²) in [5.74, 6) is -0.345. The van der Waals surface area contributed by atoms with Crippen molar-refractivity contribution in [3.63, 3.8) is 0 Å². The number of aliphatic carboxylic acids is 1. The molecule has 2 fully saturated rings. The number of amides is 2. The van der Waals surface area contributed by atoms with Gasteiger partial charge in [0.2, 0.25) is 0 Å². The van der Waals surface area contributed by atoms with Crippen LogP contribution in [-0.4, -0.2) is 28.7 Å². The fourth-order valence-electron chi connectivity index (χ4n) is 2.91. The predicted molar refractivity (Wildman–Crippen MR) is 71.9 cm³/mol. The van der Waals surface area contributed by atoms with Crippen molar-refractivity contribution in [3.8, 4) is 0 Å². The number of carbonyl (C=O) groups excluding carboxylic acids is 1. The zero-order valence-electron chi connectivity index (χ0n) is 11.7. The van der Waals surface area contributed by atoms with Crippen LogP contribution in [0.3, 0.4) is 0 Å². The molecule has 2 aliphatic rings. The van der Waals surface area contributed by atoms with Crippen LogP contribution in [0.25, 0.3) is 0 Å². The molecule has 2 aliphatic carbocycles. The van der Waals surface area contributed by atoms with Crippen molar-refractivity contribution in [3.05, 3.63) is 0 Å². The Labute approximate surface area is 114 Å². The van der Waals surface area contributed by atoms with Crippen molar-refractivity contribution in [1.82, 2.24) is 10.6 Å². The molecule has 0 bridgehead atoms. The maximum Gasteiger partial charge on any atom is 0.315 e. The Hall–Kier alpha value is -1.26. The van der Waals surface area contributed by atoms with Crippen molar-refractivity contribution in [1.29, 1.82) is 0 Å². The molecule has 2 rings (SSSR count). The predicted octanol–water partition coefficient (Wildman–Crippen LogP) is 2.12. The van der Waals surface area contributed by atoms with E-state index >= 15 is 0 Å². The molecular formula is C14H24N2O3. The molecule has 0 aromatic rings. The Kier molecular flexibility index (Phi) is 4.02. The molecule has 2 saturated carbocycles. The SMILES string of the molecule is CC(C)(NC(=O)NC1CCC(C(=O)O)CC1)C1CC1. The summed E-state index contributed by atoms with van der Waals surface area (Å²) in [4.78, 5) is 22.8. The molecule has 2 amide bonds. The number of carbonyl (C=O) groups is 2. The summed E-state index contributed by atoms with van der Waals surface area (Å²) in [7, 11) is 0. The maximum atomic E-state index is 11.9. The minimum absolute atomic E-state index is 0.115. The van der Waals surface area contributed by atoms with Crippen LogP contribution in [0.4, 0.5) is 4.79 Å². The lowest BCUT2D eigenvalue weighted by Crippen LogP contribution is -2.52. The first kappa shape index (κ1) is 14.2. The molecule has 0 aliphatic heterocycles. The van der Waals surface area contributed by atoms with E-state index in [0.29, 0.717) is 18.8 Å². The lowest BCUT2D eigenvalue weighted by Gasteiger charge is -2.30. The summed E-state index contributed by atoms with van der Waals surface area (Å²) in [5.41, 5.74) is -0.137. The van der Waals surface area contributed by atoms with E-state index in [4.69, 9.17) is 5.11 Å². The van der Waals surface area contributed by atoms with E-state index < -0.39 is 5.97 Å². The number of hydrogen-bond donors (Lipinski definition) is 3. The van der Waals surface area contributed by atoms with Crippen LogP contribution in [0.5, 0.6) is 0 Å². The molecule has 0 heterocycles. The van der Waals surface area contributed by atoms with Gasteiger partial charge in [-0.1, -0.05) is 0 Å². The van der Waals surface area contributed by atoms with E-state index in [1.165, 1.54) is 12.8 Å². The van der Waals surface area contributed by atoms with Crippen LogP contribution in [0.2, 0.25) is 0 Å². The van der Waals surface area contributed by atoms with Crippen LogP contribution in [-0.2, 0) is 4.79 Å². The van der Waals surface area contributed by atoms with Crippen LogP contribution in [0.1, 0.15) is 52.4 Å². The number of rotatable bonds is 4. The smallest absolute Gasteiger partial charge is 0.315 e. The molecule has 0 atom stereocenters. The normalized spacial score (nSPS) is 27.7. The average Bonchev–Trinajstić information content (AvgIpc) is 3.12. The molecule has 0 aromatic heterocycles. The number of nitrogens with one attached hydrogen (secondary N) is 2. The Bertz CT molecular complexity index is 356. The Balaban J connectivity index is 1.73. The van der Waals surface area contributed by atoms with Gasteiger partial charge in [-0.15, -0.1) is 0 Å². The van der Waals surface area contributed by atoms with Crippen LogP contribution in [0, 0.1) is 11.8 Å². The summed E-state index contributed by atoms with van der Waals surface area (Å²) in [5, 5.41) is 14.9. The molecule has 5 nitrogen and oxygen atoms in total. The average molecular weight is 268 g/mol. The second-order valence-corrected chi connectivity index (χ2v) is 6.48. The fraction of sp³-hybridized carbons (Fsp3) is 0.857. The van der Waals surface area contributed by atoms with Gasteiger partial charge in [0.15, 0.2) is 0 Å². The molecule has 0 radical (unpaired) electrons. The van der Waals surface area contributed by atoms with E-state index in [9.17, 15) is 9.59 Å². The first-order valence-electron chi connectivity index (χ1n) is 7.20. The lowest BCUT2D eigenvalue weighted by molar-refractivity contribution is -0.142. The summed E-state index contributed by atoms with van der Waals surface area (Å²) < 4.78 is 0. The first-order chi connectivity index (χ1) is 8.88. The highest BCUT2D eigenvalue weighted by atomic mass is 16.4. The van der Waals surface area contributed by atoms with Crippen molar-refractivity contribution in [2.75, 3.05) is 0 Å². The van der Waals surface area contributed by atoms with Crippen LogP contribution < -0.4 is 10.6 Å². The maximum absolute atomic E-state index is 11.9. The quantitative estimate of drug-likeness (QED) is 0.730. The first-order valence-corrected chi connectivity index (χ1v) is 7.20. The van der Waals surface area contributed by atoms with E-state index in [2.05, 4.69) is 24.5 Å². The molecular weight excluding hydrogens is 244 g/mol. The van der Waals surface area contributed by atoms with Gasteiger partial charge < -0.3 is 15.7 Å². The topological polar surface area (TPSA) is 78.4 Å². The van der Waals surface area contributed by atoms with Crippen molar-refractivity contribution in [2.45, 2.75) is 64.0 Å². The van der Waals surface area contributed by atoms with Gasteiger partial charge in [0.05, 0.1) is 5.92 Å². The van der Waals surface area contributed by atoms with Gasteiger partial charge in [-0.2, -0.15) is 0 Å². The number of hydrogen-bond acceptors (Lipinski definition) is 2. The number of urea groups is 1. The monoisotopic (exact) mass is 268 g/mol. The third kappa shape index (κ3) is 3.85. The Morgan fingerprint density at radius 1 is 1.05 bits per heavy atom. The fourth-order valence-corrected chi connectivity index (χ4v) is 2.91. The van der Waals surface area contributed by atoms with Gasteiger partial charge in [0.25, 0.3) is 0 Å². The van der Waals surface area contributed by atoms with Crippen molar-refractivity contribution < 1.29 is 14.7 Å². The van der Waals surface area contributed by atoms with Gasteiger partial charge in [-0.3, -0.25) is 4.79 Å². The minimum Gasteiger partial charge on any atom is -0.481 e. The summed E-state index contributed by atoms with van der Waals surface area (Å²) in [6.45, 7) is 4.12. The van der Waals surface area contributed by atoms with E-state index in [0.717, 1.165) is 12.8 Å². The minimum atomic E-state index is -0.710. The van der Waals surface area contributed by atoms with Gasteiger partial charge >= 0.3 is 12.0 Å². The highest BCUT2D eigenvalue weighted by molar-refractivity contribution is 5.75. The standard InChI is InChI=1S/C14H24N2O3/c1-14(2,10-5-6-10)16-13(19)15-11-7-3-9(4-8-11)12(17)18/h9-11H,3-8H2,1-2H3,(H,17,18)(H2,15,16,19). The van der Waals surface area contributed by atoms with Crippen LogP contribution >= 0.6 is 0 Å². The molecule has 0 spiro atoms. The third-order valence-electron chi connectivity index (χ3n) is 4.45. The highest BCUT2D eigenvalue weighted by Gasteiger charge is 2.39. The third-order valence-corrected chi connectivity index (χ3v) is 4.45. The summed E-state index contributed by atoms with van der Waals surface area (Å²) in [6, 6.07) is 0.00118. The van der Waals surface area contributed by atoms with Gasteiger partial charge in [0.1, 0.15) is 0 Å². The molecule has 3 N–H and O–H groups in total. The van der Waals surface area contributed by atoms with Crippen molar-refractivity contribution >= 4 is 12.0 Å². The van der Waals surface area contributed by atoms with E-state index in [-0.39, 0.29) is 23.5 Å². The Morgan fingerprint density at radius 3 is 2.11 bits per heavy atom. The summed E-state index contributed by atoms with van der Waals surface area (Å²) >= 11 is 0. The van der Waals surface area contributed by atoms with Gasteiger partial charge in [-0.25, -0.2) is 4.79 Å². The largest absolute Gasteiger partial charge is 0.481 e. The van der Waals surface area contributed by atoms with E-state index in [1.807, 2.05) is 0 Å². The van der Waals surface area contributed by atoms with E-state index in [1.54, 1.807) is 0 Å². The zero-order chi connectivity index (χ0) is 14.0. The second-order valence-electron chi connectivity index (χ2n) is 6.48. The molecule has 0 aromatic carbocycles. The van der Waals surface area contributed by atoms with Crippen molar-refractivity contribution in [2.24, 2.45) is 11.8 Å². The number of carboxylic acids is 1. The molecule has 0 unspecified atom stereocenters. The molecule has 5 heteroatoms. The molecule has 0 saturated heterocycles. The zero-order valence-corrected chi connectivity index (χ0v) is 11.7.